The van der Waals surface area contributed by atoms with Crippen molar-refractivity contribution in [2.75, 3.05) is 6.61 Å². The summed E-state index contributed by atoms with van der Waals surface area (Å²) in [5.74, 6) is -0.250. The highest BCUT2D eigenvalue weighted by atomic mass is 16.5. The number of rotatable bonds is 4. The zero-order chi connectivity index (χ0) is 10.4. The maximum atomic E-state index is 11.2. The Labute approximate surface area is 83.6 Å². The van der Waals surface area contributed by atoms with E-state index < -0.39 is 0 Å². The maximum Gasteiger partial charge on any atom is 0.372 e. The van der Waals surface area contributed by atoms with E-state index >= 15 is 0 Å². The number of esters is 1. The molecule has 1 heterocycles. The molecule has 0 aliphatic carbocycles. The van der Waals surface area contributed by atoms with Crippen molar-refractivity contribution in [3.05, 3.63) is 42.7 Å². The first-order chi connectivity index (χ1) is 6.72. The first kappa shape index (κ1) is 10.4. The Morgan fingerprint density at radius 3 is 3.14 bits per heavy atom. The van der Waals surface area contributed by atoms with Crippen LogP contribution in [-0.4, -0.2) is 12.6 Å². The van der Waals surface area contributed by atoms with E-state index in [-0.39, 0.29) is 19.1 Å². The summed E-state index contributed by atoms with van der Waals surface area (Å²) < 4.78 is 6.65. The van der Waals surface area contributed by atoms with Crippen LogP contribution in [0.25, 0.3) is 0 Å². The summed E-state index contributed by atoms with van der Waals surface area (Å²) in [7, 11) is 0. The standard InChI is InChI=1S/C11H14NO2/c1-3-7-14-11(13)9-12-6-4-5-10(2)8-12/h3-6,8H,1,7,9H2,2H3/q+1. The average molecular weight is 192 g/mol. The number of carbonyl (C=O) groups is 1. The Morgan fingerprint density at radius 1 is 1.71 bits per heavy atom. The summed E-state index contributed by atoms with van der Waals surface area (Å²) in [4.78, 5) is 11.2. The second-order valence-corrected chi connectivity index (χ2v) is 3.03. The van der Waals surface area contributed by atoms with Gasteiger partial charge in [-0.15, -0.1) is 0 Å². The Balaban J connectivity index is 2.51. The van der Waals surface area contributed by atoms with Crippen molar-refractivity contribution in [3.8, 4) is 0 Å². The summed E-state index contributed by atoms with van der Waals surface area (Å²) in [5.41, 5.74) is 1.11. The predicted octanol–water partition coefficient (Wildman–Crippen LogP) is 1.01. The second-order valence-electron chi connectivity index (χ2n) is 3.03. The van der Waals surface area contributed by atoms with Gasteiger partial charge in [0.2, 0.25) is 6.54 Å². The van der Waals surface area contributed by atoms with Crippen LogP contribution in [0.4, 0.5) is 0 Å². The largest absolute Gasteiger partial charge is 0.457 e. The van der Waals surface area contributed by atoms with Gasteiger partial charge in [-0.25, -0.2) is 4.79 Å². The Bertz CT molecular complexity index is 334. The predicted molar refractivity (Wildman–Crippen MR) is 52.5 cm³/mol. The van der Waals surface area contributed by atoms with Crippen molar-refractivity contribution in [1.29, 1.82) is 0 Å². The van der Waals surface area contributed by atoms with Crippen LogP contribution in [0.2, 0.25) is 0 Å². The van der Waals surface area contributed by atoms with Gasteiger partial charge in [0, 0.05) is 11.6 Å². The number of pyridine rings is 1. The van der Waals surface area contributed by atoms with Crippen LogP contribution in [0.15, 0.2) is 37.2 Å². The van der Waals surface area contributed by atoms with Crippen LogP contribution in [0, 0.1) is 6.92 Å². The molecule has 0 spiro atoms. The van der Waals surface area contributed by atoms with Crippen molar-refractivity contribution in [2.24, 2.45) is 0 Å². The lowest BCUT2D eigenvalue weighted by atomic mass is 10.3. The van der Waals surface area contributed by atoms with E-state index in [1.165, 1.54) is 0 Å². The van der Waals surface area contributed by atoms with Crippen LogP contribution in [0.3, 0.4) is 0 Å². The van der Waals surface area contributed by atoms with E-state index in [4.69, 9.17) is 4.74 Å². The van der Waals surface area contributed by atoms with E-state index in [1.54, 1.807) is 10.6 Å². The fraction of sp³-hybridized carbons (Fsp3) is 0.273. The van der Waals surface area contributed by atoms with Crippen LogP contribution in [0.5, 0.6) is 0 Å². The van der Waals surface area contributed by atoms with Crippen molar-refractivity contribution in [2.45, 2.75) is 13.5 Å². The number of nitrogens with zero attached hydrogens (tertiary/aromatic N) is 1. The van der Waals surface area contributed by atoms with Gasteiger partial charge in [-0.3, -0.25) is 0 Å². The van der Waals surface area contributed by atoms with Crippen molar-refractivity contribution >= 4 is 5.97 Å². The molecule has 0 atom stereocenters. The molecule has 0 unspecified atom stereocenters. The normalized spacial score (nSPS) is 9.50. The molecule has 0 N–H and O–H groups in total. The molecule has 0 saturated heterocycles. The summed E-state index contributed by atoms with van der Waals surface area (Å²) >= 11 is 0. The SMILES string of the molecule is C=CCOC(=O)C[n+]1cccc(C)c1. The van der Waals surface area contributed by atoms with Crippen molar-refractivity contribution in [3.63, 3.8) is 0 Å². The second kappa shape index (κ2) is 5.17. The minimum absolute atomic E-state index is 0.246. The third-order valence-corrected chi connectivity index (χ3v) is 1.68. The summed E-state index contributed by atoms with van der Waals surface area (Å²) in [6.45, 7) is 5.96. The maximum absolute atomic E-state index is 11.2. The Morgan fingerprint density at radius 2 is 2.50 bits per heavy atom. The minimum Gasteiger partial charge on any atom is -0.457 e. The Hall–Kier alpha value is -1.64. The molecule has 3 nitrogen and oxygen atoms in total. The quantitative estimate of drug-likeness (QED) is 0.405. The van der Waals surface area contributed by atoms with Crippen molar-refractivity contribution in [1.82, 2.24) is 0 Å². The molecule has 1 aromatic rings. The van der Waals surface area contributed by atoms with E-state index in [0.29, 0.717) is 0 Å². The molecule has 1 aromatic heterocycles. The summed E-state index contributed by atoms with van der Waals surface area (Å²) in [6, 6.07) is 3.88. The smallest absolute Gasteiger partial charge is 0.372 e. The average Bonchev–Trinajstić information content (AvgIpc) is 2.15. The van der Waals surface area contributed by atoms with Crippen LogP contribution in [0.1, 0.15) is 5.56 Å². The number of aryl methyl sites for hydroxylation is 1. The number of aromatic nitrogens is 1. The van der Waals surface area contributed by atoms with Crippen LogP contribution in [-0.2, 0) is 16.1 Å². The molecule has 0 aromatic carbocycles. The number of carbonyl (C=O) groups excluding carboxylic acids is 1. The number of ether oxygens (including phenoxy) is 1. The Kier molecular flexibility index (Phi) is 3.85. The highest BCUT2D eigenvalue weighted by Gasteiger charge is 2.09. The summed E-state index contributed by atoms with van der Waals surface area (Å²) in [6.07, 6.45) is 5.29. The van der Waals surface area contributed by atoms with Gasteiger partial charge in [-0.1, -0.05) is 12.7 Å². The molecule has 74 valence electrons. The first-order valence-electron chi connectivity index (χ1n) is 4.44. The highest BCUT2D eigenvalue weighted by Crippen LogP contribution is 1.89. The molecular weight excluding hydrogens is 178 g/mol. The fourth-order valence-corrected chi connectivity index (χ4v) is 1.10. The van der Waals surface area contributed by atoms with Crippen LogP contribution < -0.4 is 4.57 Å². The third kappa shape index (κ3) is 3.39. The van der Waals surface area contributed by atoms with Gasteiger partial charge >= 0.3 is 5.97 Å². The summed E-state index contributed by atoms with van der Waals surface area (Å²) in [5, 5.41) is 0. The third-order valence-electron chi connectivity index (χ3n) is 1.68. The van der Waals surface area contributed by atoms with Gasteiger partial charge in [0.15, 0.2) is 12.4 Å². The zero-order valence-corrected chi connectivity index (χ0v) is 8.27. The van der Waals surface area contributed by atoms with Gasteiger partial charge in [0.25, 0.3) is 0 Å². The lowest BCUT2D eigenvalue weighted by Crippen LogP contribution is -2.38. The topological polar surface area (TPSA) is 30.2 Å². The molecule has 0 aliphatic rings. The van der Waals surface area contributed by atoms with Gasteiger partial charge in [-0.05, 0) is 13.0 Å². The minimum atomic E-state index is -0.250. The van der Waals surface area contributed by atoms with Crippen LogP contribution >= 0.6 is 0 Å². The molecule has 0 fully saturated rings. The van der Waals surface area contributed by atoms with Gasteiger partial charge in [0.05, 0.1) is 0 Å². The van der Waals surface area contributed by atoms with E-state index in [9.17, 15) is 4.79 Å². The van der Waals surface area contributed by atoms with E-state index in [0.717, 1.165) is 5.56 Å². The van der Waals surface area contributed by atoms with Gasteiger partial charge in [-0.2, -0.15) is 4.57 Å². The van der Waals surface area contributed by atoms with Gasteiger partial charge < -0.3 is 4.74 Å². The molecule has 3 heteroatoms. The van der Waals surface area contributed by atoms with E-state index in [2.05, 4.69) is 6.58 Å². The monoisotopic (exact) mass is 192 g/mol. The number of hydrogen-bond acceptors (Lipinski definition) is 2. The fourth-order valence-electron chi connectivity index (χ4n) is 1.10. The lowest BCUT2D eigenvalue weighted by molar-refractivity contribution is -0.686. The van der Waals surface area contributed by atoms with Gasteiger partial charge in [0.1, 0.15) is 6.61 Å². The molecular formula is C11H14NO2+. The van der Waals surface area contributed by atoms with E-state index in [1.807, 2.05) is 31.5 Å². The zero-order valence-electron chi connectivity index (χ0n) is 8.27. The molecule has 0 aliphatic heterocycles. The molecule has 0 radical (unpaired) electrons. The molecule has 1 rings (SSSR count). The highest BCUT2D eigenvalue weighted by molar-refractivity contribution is 5.67. The number of hydrogen-bond donors (Lipinski definition) is 0. The molecule has 14 heavy (non-hydrogen) atoms. The van der Waals surface area contributed by atoms with Crippen molar-refractivity contribution < 1.29 is 14.1 Å². The lowest BCUT2D eigenvalue weighted by Gasteiger charge is -1.98. The first-order valence-corrected chi connectivity index (χ1v) is 4.44. The molecule has 0 amide bonds. The molecule has 0 bridgehead atoms. The molecule has 0 saturated carbocycles.